The normalized spacial score (nSPS) is 12.3. The summed E-state index contributed by atoms with van der Waals surface area (Å²) < 4.78 is 6.97. The molecular formula is C20H14N4O2. The van der Waals surface area contributed by atoms with E-state index in [0.29, 0.717) is 22.6 Å². The van der Waals surface area contributed by atoms with E-state index in [1.807, 2.05) is 55.5 Å². The zero-order chi connectivity index (χ0) is 17.8. The van der Waals surface area contributed by atoms with E-state index in [0.717, 1.165) is 28.1 Å². The Labute approximate surface area is 149 Å². The van der Waals surface area contributed by atoms with Crippen molar-refractivity contribution >= 4 is 11.4 Å². The Morgan fingerprint density at radius 2 is 1.69 bits per heavy atom. The van der Waals surface area contributed by atoms with Gasteiger partial charge < -0.3 is 4.74 Å². The van der Waals surface area contributed by atoms with Gasteiger partial charge in [-0.15, -0.1) is 10.2 Å². The molecule has 0 unspecified atom stereocenters. The van der Waals surface area contributed by atoms with E-state index in [-0.39, 0.29) is 5.78 Å². The molecular weight excluding hydrogens is 328 g/mol. The van der Waals surface area contributed by atoms with Crippen molar-refractivity contribution in [1.29, 1.82) is 0 Å². The number of fused-ring (bicyclic) bond motifs is 5. The number of ether oxygens (including phenoxy) is 1. The molecule has 0 radical (unpaired) electrons. The van der Waals surface area contributed by atoms with Gasteiger partial charge in [0.2, 0.25) is 5.78 Å². The van der Waals surface area contributed by atoms with E-state index in [1.165, 1.54) is 0 Å². The van der Waals surface area contributed by atoms with Gasteiger partial charge in [0.15, 0.2) is 11.3 Å². The van der Waals surface area contributed by atoms with Crippen LogP contribution in [0.15, 0.2) is 48.5 Å². The van der Waals surface area contributed by atoms with Crippen LogP contribution in [0.25, 0.3) is 28.0 Å². The molecule has 0 amide bonds. The molecule has 0 saturated carbocycles. The first kappa shape index (κ1) is 14.8. The molecule has 6 nitrogen and oxygen atoms in total. The fraction of sp³-hybridized carbons (Fsp3) is 0.100. The van der Waals surface area contributed by atoms with Gasteiger partial charge >= 0.3 is 0 Å². The van der Waals surface area contributed by atoms with Crippen LogP contribution in [0.2, 0.25) is 0 Å². The number of carbonyl (C=O) groups excluding carboxylic acids is 1. The molecule has 4 aromatic rings. The minimum absolute atomic E-state index is 0.107. The molecule has 0 N–H and O–H groups in total. The average Bonchev–Trinajstić information content (AvgIpc) is 3.16. The van der Waals surface area contributed by atoms with E-state index in [1.54, 1.807) is 11.6 Å². The molecule has 0 spiro atoms. The van der Waals surface area contributed by atoms with Crippen molar-refractivity contribution in [3.8, 4) is 28.1 Å². The zero-order valence-corrected chi connectivity index (χ0v) is 14.2. The van der Waals surface area contributed by atoms with Crippen molar-refractivity contribution in [2.75, 3.05) is 7.11 Å². The van der Waals surface area contributed by atoms with Crippen molar-refractivity contribution in [3.63, 3.8) is 0 Å². The van der Waals surface area contributed by atoms with Crippen LogP contribution in [-0.4, -0.2) is 32.7 Å². The summed E-state index contributed by atoms with van der Waals surface area (Å²) in [5.74, 6) is 0.679. The highest BCUT2D eigenvalue weighted by molar-refractivity contribution is 6.20. The second kappa shape index (κ2) is 5.23. The fourth-order valence-corrected chi connectivity index (χ4v) is 3.51. The molecule has 0 aliphatic heterocycles. The lowest BCUT2D eigenvalue weighted by Gasteiger charge is -2.04. The number of carbonyl (C=O) groups is 1. The summed E-state index contributed by atoms with van der Waals surface area (Å²) in [6.45, 7) is 1.93. The highest BCUT2D eigenvalue weighted by atomic mass is 16.5. The standard InChI is InChI=1S/C20H14N4O2/c1-11-16(12-7-9-13(26-2)10-8-12)20-22-21-17-18(24(20)23-11)14-5-3-4-6-15(14)19(17)25/h3-10H,1-2H3. The summed E-state index contributed by atoms with van der Waals surface area (Å²) in [7, 11) is 1.64. The molecule has 0 bridgehead atoms. The molecule has 2 heterocycles. The SMILES string of the molecule is COc1ccc(-c2c(C)nn3c4c(nnc23)C(=O)c2ccccc2-4)cc1. The Morgan fingerprint density at radius 3 is 2.42 bits per heavy atom. The van der Waals surface area contributed by atoms with Crippen molar-refractivity contribution in [3.05, 3.63) is 65.5 Å². The van der Waals surface area contributed by atoms with Gasteiger partial charge in [0, 0.05) is 11.1 Å². The van der Waals surface area contributed by atoms with Gasteiger partial charge in [-0.3, -0.25) is 4.79 Å². The third kappa shape index (κ3) is 1.86. The topological polar surface area (TPSA) is 69.4 Å². The Morgan fingerprint density at radius 1 is 0.962 bits per heavy atom. The first-order chi connectivity index (χ1) is 12.7. The number of nitrogens with zero attached hydrogens (tertiary/aromatic N) is 4. The molecule has 0 atom stereocenters. The number of ketones is 1. The van der Waals surface area contributed by atoms with Crippen molar-refractivity contribution < 1.29 is 9.53 Å². The maximum absolute atomic E-state index is 12.6. The van der Waals surface area contributed by atoms with Gasteiger partial charge in [-0.2, -0.15) is 5.10 Å². The van der Waals surface area contributed by atoms with E-state index in [2.05, 4.69) is 15.3 Å². The molecule has 126 valence electrons. The largest absolute Gasteiger partial charge is 0.497 e. The van der Waals surface area contributed by atoms with E-state index < -0.39 is 0 Å². The van der Waals surface area contributed by atoms with Gasteiger partial charge in [0.05, 0.1) is 18.4 Å². The Kier molecular flexibility index (Phi) is 2.97. The summed E-state index contributed by atoms with van der Waals surface area (Å²) in [5, 5.41) is 13.2. The van der Waals surface area contributed by atoms with Gasteiger partial charge in [-0.05, 0) is 24.6 Å². The number of benzene rings is 2. The molecule has 6 heteroatoms. The van der Waals surface area contributed by atoms with Crippen LogP contribution in [0.3, 0.4) is 0 Å². The average molecular weight is 342 g/mol. The highest BCUT2D eigenvalue weighted by Crippen LogP contribution is 2.37. The third-order valence-corrected chi connectivity index (χ3v) is 4.74. The maximum Gasteiger partial charge on any atom is 0.216 e. The minimum Gasteiger partial charge on any atom is -0.497 e. The fourth-order valence-electron chi connectivity index (χ4n) is 3.51. The molecule has 5 rings (SSSR count). The molecule has 0 saturated heterocycles. The number of aromatic nitrogens is 4. The van der Waals surface area contributed by atoms with Gasteiger partial charge in [0.1, 0.15) is 11.4 Å². The van der Waals surface area contributed by atoms with E-state index >= 15 is 0 Å². The number of methoxy groups -OCH3 is 1. The lowest BCUT2D eigenvalue weighted by molar-refractivity contribution is 0.103. The monoisotopic (exact) mass is 342 g/mol. The van der Waals surface area contributed by atoms with Crippen molar-refractivity contribution in [2.45, 2.75) is 6.92 Å². The molecule has 26 heavy (non-hydrogen) atoms. The second-order valence-electron chi connectivity index (χ2n) is 6.20. The van der Waals surface area contributed by atoms with Crippen LogP contribution in [0.4, 0.5) is 0 Å². The van der Waals surface area contributed by atoms with Crippen LogP contribution in [0.5, 0.6) is 5.75 Å². The van der Waals surface area contributed by atoms with Crippen molar-refractivity contribution in [2.24, 2.45) is 0 Å². The highest BCUT2D eigenvalue weighted by Gasteiger charge is 2.32. The quantitative estimate of drug-likeness (QED) is 0.492. The third-order valence-electron chi connectivity index (χ3n) is 4.74. The van der Waals surface area contributed by atoms with Crippen LogP contribution in [0, 0.1) is 6.92 Å². The summed E-state index contributed by atoms with van der Waals surface area (Å²) in [6, 6.07) is 15.2. The number of hydrogen-bond donors (Lipinski definition) is 0. The number of aryl methyl sites for hydroxylation is 1. The zero-order valence-electron chi connectivity index (χ0n) is 14.2. The summed E-state index contributed by atoms with van der Waals surface area (Å²) in [5.41, 5.74) is 5.89. The predicted octanol–water partition coefficient (Wildman–Crippen LogP) is 3.32. The van der Waals surface area contributed by atoms with Crippen LogP contribution < -0.4 is 4.74 Å². The van der Waals surface area contributed by atoms with Gasteiger partial charge in [-0.25, -0.2) is 4.52 Å². The van der Waals surface area contributed by atoms with Crippen molar-refractivity contribution in [1.82, 2.24) is 19.8 Å². The molecule has 1 aliphatic rings. The molecule has 1 aliphatic carbocycles. The van der Waals surface area contributed by atoms with Gasteiger partial charge in [-0.1, -0.05) is 36.4 Å². The Bertz CT molecular complexity index is 1190. The summed E-state index contributed by atoms with van der Waals surface area (Å²) in [6.07, 6.45) is 0. The minimum atomic E-state index is -0.107. The first-order valence-corrected chi connectivity index (χ1v) is 8.23. The van der Waals surface area contributed by atoms with Gasteiger partial charge in [0.25, 0.3) is 0 Å². The second-order valence-corrected chi connectivity index (χ2v) is 6.20. The van der Waals surface area contributed by atoms with E-state index in [4.69, 9.17) is 4.74 Å². The Balaban J connectivity index is 1.80. The lowest BCUT2D eigenvalue weighted by Crippen LogP contribution is -2.04. The van der Waals surface area contributed by atoms with Crippen LogP contribution in [-0.2, 0) is 0 Å². The smallest absolute Gasteiger partial charge is 0.216 e. The maximum atomic E-state index is 12.6. The van der Waals surface area contributed by atoms with E-state index in [9.17, 15) is 4.79 Å². The Hall–Kier alpha value is -3.54. The predicted molar refractivity (Wildman–Crippen MR) is 96.4 cm³/mol. The molecule has 2 aromatic carbocycles. The first-order valence-electron chi connectivity index (χ1n) is 8.23. The van der Waals surface area contributed by atoms with Crippen LogP contribution >= 0.6 is 0 Å². The summed E-state index contributed by atoms with van der Waals surface area (Å²) in [4.78, 5) is 12.6. The number of hydrogen-bond acceptors (Lipinski definition) is 5. The molecule has 2 aromatic heterocycles. The molecule has 0 fully saturated rings. The van der Waals surface area contributed by atoms with Crippen LogP contribution in [0.1, 0.15) is 21.7 Å². The number of rotatable bonds is 2. The lowest BCUT2D eigenvalue weighted by atomic mass is 10.1. The summed E-state index contributed by atoms with van der Waals surface area (Å²) >= 11 is 0.